The summed E-state index contributed by atoms with van der Waals surface area (Å²) in [5.41, 5.74) is 0.919. The van der Waals surface area contributed by atoms with E-state index in [2.05, 4.69) is 0 Å². The van der Waals surface area contributed by atoms with Crippen molar-refractivity contribution in [1.29, 1.82) is 0 Å². The number of Topliss-reactive ketones (excluding diaryl/α,β-unsaturated/α-hetero) is 1. The predicted molar refractivity (Wildman–Crippen MR) is 128 cm³/mol. The standard InChI is InChI=1S/C25H24O8S2/c1-16-5-9-18(10-6-16)34(27,28)32-23-13-20-21(26)15-25(3,4)31-22(20)14-24(23)33-35(29,30)19-11-7-17(2)8-12-19/h5-14H,15H2,1-4H3. The third-order valence-electron chi connectivity index (χ3n) is 5.34. The minimum Gasteiger partial charge on any atom is -0.486 e. The van der Waals surface area contributed by atoms with Gasteiger partial charge in [0.25, 0.3) is 0 Å². The van der Waals surface area contributed by atoms with Crippen molar-refractivity contribution in [2.75, 3.05) is 0 Å². The minimum absolute atomic E-state index is 0.0476. The Kier molecular flexibility index (Phi) is 6.14. The van der Waals surface area contributed by atoms with Gasteiger partial charge in [0.15, 0.2) is 17.3 Å². The van der Waals surface area contributed by atoms with Crippen molar-refractivity contribution >= 4 is 26.0 Å². The molecule has 35 heavy (non-hydrogen) atoms. The molecule has 8 nitrogen and oxygen atoms in total. The normalized spacial score (nSPS) is 15.1. The Labute approximate surface area is 204 Å². The first-order chi connectivity index (χ1) is 16.3. The van der Waals surface area contributed by atoms with Crippen molar-refractivity contribution in [2.24, 2.45) is 0 Å². The molecule has 0 radical (unpaired) electrons. The summed E-state index contributed by atoms with van der Waals surface area (Å²) in [7, 11) is -8.73. The van der Waals surface area contributed by atoms with Crippen LogP contribution in [0.5, 0.6) is 17.2 Å². The molecular weight excluding hydrogens is 492 g/mol. The molecule has 1 aliphatic rings. The van der Waals surface area contributed by atoms with Crippen molar-refractivity contribution in [3.8, 4) is 17.2 Å². The van der Waals surface area contributed by atoms with E-state index in [9.17, 15) is 21.6 Å². The van der Waals surface area contributed by atoms with Crippen molar-refractivity contribution in [3.63, 3.8) is 0 Å². The van der Waals surface area contributed by atoms with E-state index in [0.717, 1.165) is 17.2 Å². The van der Waals surface area contributed by atoms with E-state index in [1.165, 1.54) is 30.3 Å². The lowest BCUT2D eigenvalue weighted by molar-refractivity contribution is 0.0618. The summed E-state index contributed by atoms with van der Waals surface area (Å²) in [5, 5.41) is 0. The summed E-state index contributed by atoms with van der Waals surface area (Å²) in [6, 6.07) is 14.2. The van der Waals surface area contributed by atoms with Crippen molar-refractivity contribution in [1.82, 2.24) is 0 Å². The van der Waals surface area contributed by atoms with Gasteiger partial charge in [-0.1, -0.05) is 35.4 Å². The van der Waals surface area contributed by atoms with Crippen LogP contribution in [-0.2, 0) is 20.2 Å². The zero-order valence-corrected chi connectivity index (χ0v) is 21.2. The summed E-state index contributed by atoms with van der Waals surface area (Å²) in [5.74, 6) is -1.11. The fraction of sp³-hybridized carbons (Fsp3) is 0.240. The highest BCUT2D eigenvalue weighted by atomic mass is 32.2. The Morgan fingerprint density at radius 2 is 1.17 bits per heavy atom. The van der Waals surface area contributed by atoms with Gasteiger partial charge in [0.05, 0.1) is 12.0 Å². The van der Waals surface area contributed by atoms with Gasteiger partial charge >= 0.3 is 20.2 Å². The summed E-state index contributed by atoms with van der Waals surface area (Å²) in [4.78, 5) is 12.5. The van der Waals surface area contributed by atoms with Crippen LogP contribution in [0, 0.1) is 13.8 Å². The summed E-state index contributed by atoms with van der Waals surface area (Å²) >= 11 is 0. The van der Waals surface area contributed by atoms with Crippen molar-refractivity contribution in [3.05, 3.63) is 77.4 Å². The summed E-state index contributed by atoms with van der Waals surface area (Å²) < 4.78 is 68.3. The topological polar surface area (TPSA) is 113 Å². The summed E-state index contributed by atoms with van der Waals surface area (Å²) in [6.45, 7) is 7.03. The number of ether oxygens (including phenoxy) is 1. The fourth-order valence-corrected chi connectivity index (χ4v) is 5.40. The van der Waals surface area contributed by atoms with E-state index in [-0.39, 0.29) is 33.3 Å². The van der Waals surface area contributed by atoms with Gasteiger partial charge in [0.1, 0.15) is 21.1 Å². The van der Waals surface area contributed by atoms with Crippen LogP contribution in [0.15, 0.2) is 70.5 Å². The molecular formula is C25H24O8S2. The highest BCUT2D eigenvalue weighted by molar-refractivity contribution is 7.87. The molecule has 10 heteroatoms. The zero-order chi connectivity index (χ0) is 25.6. The largest absolute Gasteiger partial charge is 0.486 e. The molecule has 0 N–H and O–H groups in total. The fourth-order valence-electron chi connectivity index (χ4n) is 3.53. The molecule has 3 aromatic carbocycles. The van der Waals surface area contributed by atoms with Gasteiger partial charge in [-0.15, -0.1) is 0 Å². The van der Waals surface area contributed by atoms with Crippen LogP contribution in [0.2, 0.25) is 0 Å². The Balaban J connectivity index is 1.81. The van der Waals surface area contributed by atoms with E-state index in [0.29, 0.717) is 0 Å². The lowest BCUT2D eigenvalue weighted by atomic mass is 9.93. The molecule has 0 bridgehead atoms. The molecule has 0 fully saturated rings. The lowest BCUT2D eigenvalue weighted by Crippen LogP contribution is -2.36. The van der Waals surface area contributed by atoms with Gasteiger partial charge in [-0.25, -0.2) is 0 Å². The van der Waals surface area contributed by atoms with E-state index in [1.54, 1.807) is 52.0 Å². The van der Waals surface area contributed by atoms with Crippen LogP contribution in [0.4, 0.5) is 0 Å². The monoisotopic (exact) mass is 516 g/mol. The number of carbonyl (C=O) groups excluding carboxylic acids is 1. The molecule has 0 saturated heterocycles. The van der Waals surface area contributed by atoms with Gasteiger partial charge < -0.3 is 13.1 Å². The number of hydrogen-bond donors (Lipinski definition) is 0. The van der Waals surface area contributed by atoms with Crippen LogP contribution in [0.3, 0.4) is 0 Å². The number of fused-ring (bicyclic) bond motifs is 1. The molecule has 3 aromatic rings. The Morgan fingerprint density at radius 1 is 0.743 bits per heavy atom. The van der Waals surface area contributed by atoms with Gasteiger partial charge in [-0.3, -0.25) is 4.79 Å². The zero-order valence-electron chi connectivity index (χ0n) is 19.6. The molecule has 0 spiro atoms. The van der Waals surface area contributed by atoms with Gasteiger partial charge in [0, 0.05) is 12.1 Å². The molecule has 4 rings (SSSR count). The van der Waals surface area contributed by atoms with Crippen molar-refractivity contribution < 1.29 is 34.7 Å². The smallest absolute Gasteiger partial charge is 0.339 e. The van der Waals surface area contributed by atoms with Crippen LogP contribution in [0.25, 0.3) is 0 Å². The second-order valence-electron chi connectivity index (χ2n) is 8.96. The summed E-state index contributed by atoms with van der Waals surface area (Å²) in [6.07, 6.45) is 0.0476. The predicted octanol–water partition coefficient (Wildman–Crippen LogP) is 4.58. The Bertz CT molecular complexity index is 1500. The number of hydrogen-bond acceptors (Lipinski definition) is 8. The van der Waals surface area contributed by atoms with E-state index >= 15 is 0 Å². The number of rotatable bonds is 6. The third-order valence-corrected chi connectivity index (χ3v) is 7.83. The van der Waals surface area contributed by atoms with E-state index in [4.69, 9.17) is 13.1 Å². The maximum atomic E-state index is 13.0. The van der Waals surface area contributed by atoms with Crippen LogP contribution in [0.1, 0.15) is 41.8 Å². The molecule has 184 valence electrons. The lowest BCUT2D eigenvalue weighted by Gasteiger charge is -2.32. The first kappa shape index (κ1) is 24.7. The SMILES string of the molecule is Cc1ccc(S(=O)(=O)Oc2cc3c(cc2OS(=O)(=O)c2ccc(C)cc2)C(=O)CC(C)(C)O3)cc1. The molecule has 0 atom stereocenters. The molecule has 0 saturated carbocycles. The average molecular weight is 517 g/mol. The van der Waals surface area contributed by atoms with Crippen LogP contribution < -0.4 is 13.1 Å². The third kappa shape index (κ3) is 5.33. The Morgan fingerprint density at radius 3 is 1.63 bits per heavy atom. The van der Waals surface area contributed by atoms with Crippen LogP contribution in [-0.4, -0.2) is 28.2 Å². The molecule has 0 amide bonds. The highest BCUT2D eigenvalue weighted by Crippen LogP contribution is 2.42. The van der Waals surface area contributed by atoms with Gasteiger partial charge in [-0.05, 0) is 52.0 Å². The highest BCUT2D eigenvalue weighted by Gasteiger charge is 2.35. The molecule has 1 heterocycles. The first-order valence-electron chi connectivity index (χ1n) is 10.7. The maximum Gasteiger partial charge on any atom is 0.339 e. The number of ketones is 1. The number of carbonyl (C=O) groups is 1. The Hall–Kier alpha value is -3.37. The van der Waals surface area contributed by atoms with Gasteiger partial charge in [-0.2, -0.15) is 16.8 Å². The average Bonchev–Trinajstić information content (AvgIpc) is 2.74. The van der Waals surface area contributed by atoms with E-state index in [1.807, 2.05) is 0 Å². The molecule has 0 aliphatic carbocycles. The van der Waals surface area contributed by atoms with Crippen molar-refractivity contribution in [2.45, 2.75) is 49.5 Å². The first-order valence-corrected chi connectivity index (χ1v) is 13.5. The number of benzene rings is 3. The van der Waals surface area contributed by atoms with Crippen LogP contribution >= 0.6 is 0 Å². The minimum atomic E-state index is -4.37. The quantitative estimate of drug-likeness (QED) is 0.438. The second-order valence-corrected chi connectivity index (χ2v) is 12.1. The second kappa shape index (κ2) is 8.69. The number of aryl methyl sites for hydroxylation is 2. The molecule has 1 aliphatic heterocycles. The molecule has 0 unspecified atom stereocenters. The maximum absolute atomic E-state index is 13.0. The van der Waals surface area contributed by atoms with E-state index < -0.39 is 37.3 Å². The van der Waals surface area contributed by atoms with Gasteiger partial charge in [0.2, 0.25) is 0 Å². The molecule has 0 aromatic heterocycles.